The summed E-state index contributed by atoms with van der Waals surface area (Å²) in [6, 6.07) is 16.0. The highest BCUT2D eigenvalue weighted by Gasteiger charge is 2.13. The van der Waals surface area contributed by atoms with E-state index >= 15 is 0 Å². The highest BCUT2D eigenvalue weighted by atomic mass is 19.1. The van der Waals surface area contributed by atoms with E-state index in [0.717, 1.165) is 12.1 Å². The lowest BCUT2D eigenvalue weighted by Crippen LogP contribution is -2.24. The van der Waals surface area contributed by atoms with Gasteiger partial charge in [-0.25, -0.2) is 14.4 Å². The molecule has 1 N–H and O–H groups in total. The van der Waals surface area contributed by atoms with Crippen LogP contribution in [0.5, 0.6) is 0 Å². The van der Waals surface area contributed by atoms with Gasteiger partial charge in [-0.3, -0.25) is 4.79 Å². The number of nitrogens with one attached hydrogen (secondary N) is 1. The SMILES string of the molecule is CCN(Cc1ccccc1)c1cnc(C(=O)Nc2ccccc2F)cn1. The van der Waals surface area contributed by atoms with Crippen molar-refractivity contribution in [2.75, 3.05) is 16.8 Å². The number of amides is 1. The zero-order chi connectivity index (χ0) is 18.4. The van der Waals surface area contributed by atoms with Gasteiger partial charge in [0.2, 0.25) is 0 Å². The number of anilines is 2. The van der Waals surface area contributed by atoms with Gasteiger partial charge in [-0.05, 0) is 24.6 Å². The highest BCUT2D eigenvalue weighted by Crippen LogP contribution is 2.15. The predicted octanol–water partition coefficient (Wildman–Crippen LogP) is 3.89. The summed E-state index contributed by atoms with van der Waals surface area (Å²) < 4.78 is 13.6. The van der Waals surface area contributed by atoms with Gasteiger partial charge in [-0.15, -0.1) is 0 Å². The first kappa shape index (κ1) is 17.5. The summed E-state index contributed by atoms with van der Waals surface area (Å²) in [5.41, 5.74) is 1.41. The first-order valence-corrected chi connectivity index (χ1v) is 8.34. The average molecular weight is 350 g/mol. The van der Waals surface area contributed by atoms with Crippen LogP contribution in [0.15, 0.2) is 67.0 Å². The van der Waals surface area contributed by atoms with Crippen LogP contribution in [0.3, 0.4) is 0 Å². The molecular formula is C20H19FN4O. The Hall–Kier alpha value is -3.28. The quantitative estimate of drug-likeness (QED) is 0.733. The molecule has 6 heteroatoms. The first-order chi connectivity index (χ1) is 12.7. The summed E-state index contributed by atoms with van der Waals surface area (Å²) in [6.45, 7) is 3.49. The van der Waals surface area contributed by atoms with Gasteiger partial charge in [0.1, 0.15) is 17.3 Å². The molecule has 0 saturated heterocycles. The molecule has 3 rings (SSSR count). The van der Waals surface area contributed by atoms with Gasteiger partial charge in [-0.1, -0.05) is 42.5 Å². The smallest absolute Gasteiger partial charge is 0.275 e. The Labute approximate surface area is 151 Å². The molecule has 0 aliphatic carbocycles. The van der Waals surface area contributed by atoms with Crippen LogP contribution in [0.1, 0.15) is 23.0 Å². The van der Waals surface area contributed by atoms with Crippen LogP contribution in [0, 0.1) is 5.82 Å². The lowest BCUT2D eigenvalue weighted by atomic mass is 10.2. The van der Waals surface area contributed by atoms with Crippen LogP contribution < -0.4 is 10.2 Å². The molecule has 0 aliphatic rings. The number of nitrogens with zero attached hydrogens (tertiary/aromatic N) is 3. The van der Waals surface area contributed by atoms with Gasteiger partial charge in [0.05, 0.1) is 18.1 Å². The molecule has 26 heavy (non-hydrogen) atoms. The molecule has 0 radical (unpaired) electrons. The molecule has 5 nitrogen and oxygen atoms in total. The van der Waals surface area contributed by atoms with E-state index in [1.807, 2.05) is 37.3 Å². The Morgan fingerprint density at radius 3 is 2.42 bits per heavy atom. The second-order valence-electron chi connectivity index (χ2n) is 5.69. The minimum atomic E-state index is -0.500. The number of aromatic nitrogens is 2. The molecule has 0 fully saturated rings. The number of hydrogen-bond acceptors (Lipinski definition) is 4. The zero-order valence-corrected chi connectivity index (χ0v) is 14.4. The number of benzene rings is 2. The lowest BCUT2D eigenvalue weighted by molar-refractivity contribution is 0.102. The normalized spacial score (nSPS) is 10.4. The fourth-order valence-electron chi connectivity index (χ4n) is 2.51. The van der Waals surface area contributed by atoms with E-state index in [1.165, 1.54) is 18.3 Å². The largest absolute Gasteiger partial charge is 0.351 e. The third-order valence-electron chi connectivity index (χ3n) is 3.91. The van der Waals surface area contributed by atoms with Crippen molar-refractivity contribution < 1.29 is 9.18 Å². The number of halogens is 1. The second kappa shape index (κ2) is 8.20. The molecule has 0 spiro atoms. The number of hydrogen-bond donors (Lipinski definition) is 1. The predicted molar refractivity (Wildman–Crippen MR) is 99.6 cm³/mol. The van der Waals surface area contributed by atoms with Gasteiger partial charge in [0, 0.05) is 13.1 Å². The molecule has 0 unspecified atom stereocenters. The summed E-state index contributed by atoms with van der Waals surface area (Å²) in [4.78, 5) is 22.8. The third-order valence-corrected chi connectivity index (χ3v) is 3.91. The highest BCUT2D eigenvalue weighted by molar-refractivity contribution is 6.02. The summed E-state index contributed by atoms with van der Waals surface area (Å²) in [6.07, 6.45) is 2.96. The fourth-order valence-corrected chi connectivity index (χ4v) is 2.51. The molecule has 132 valence electrons. The standard InChI is InChI=1S/C20H19FN4O/c1-2-25(14-15-8-4-3-5-9-15)19-13-22-18(12-23-19)20(26)24-17-11-7-6-10-16(17)21/h3-13H,2,14H2,1H3,(H,24,26). The maximum Gasteiger partial charge on any atom is 0.275 e. The van der Waals surface area contributed by atoms with Gasteiger partial charge >= 0.3 is 0 Å². The average Bonchev–Trinajstić information content (AvgIpc) is 2.69. The van der Waals surface area contributed by atoms with E-state index in [2.05, 4.69) is 20.2 Å². The number of rotatable bonds is 6. The molecule has 1 heterocycles. The molecule has 1 amide bonds. The Balaban J connectivity index is 1.70. The van der Waals surface area contributed by atoms with Crippen LogP contribution in [0.2, 0.25) is 0 Å². The summed E-state index contributed by atoms with van der Waals surface area (Å²) in [7, 11) is 0. The minimum absolute atomic E-state index is 0.114. The Kier molecular flexibility index (Phi) is 5.53. The Morgan fingerprint density at radius 1 is 1.04 bits per heavy atom. The van der Waals surface area contributed by atoms with Crippen molar-refractivity contribution >= 4 is 17.4 Å². The van der Waals surface area contributed by atoms with Crippen molar-refractivity contribution in [3.05, 3.63) is 84.1 Å². The van der Waals surface area contributed by atoms with Crippen LogP contribution in [0.25, 0.3) is 0 Å². The van der Waals surface area contributed by atoms with Gasteiger partial charge in [0.25, 0.3) is 5.91 Å². The monoisotopic (exact) mass is 350 g/mol. The van der Waals surface area contributed by atoms with Crippen molar-refractivity contribution in [2.45, 2.75) is 13.5 Å². The van der Waals surface area contributed by atoms with Crippen LogP contribution in [-0.4, -0.2) is 22.4 Å². The van der Waals surface area contributed by atoms with Gasteiger partial charge < -0.3 is 10.2 Å². The second-order valence-corrected chi connectivity index (χ2v) is 5.69. The first-order valence-electron chi connectivity index (χ1n) is 8.34. The van der Waals surface area contributed by atoms with Crippen LogP contribution >= 0.6 is 0 Å². The summed E-state index contributed by atoms with van der Waals surface area (Å²) >= 11 is 0. The molecule has 0 atom stereocenters. The molecule has 3 aromatic rings. The molecule has 1 aromatic heterocycles. The number of carbonyl (C=O) groups is 1. The van der Waals surface area contributed by atoms with E-state index < -0.39 is 11.7 Å². The van der Waals surface area contributed by atoms with Gasteiger partial charge in [0.15, 0.2) is 0 Å². The van der Waals surface area contributed by atoms with E-state index in [0.29, 0.717) is 12.4 Å². The molecule has 2 aromatic carbocycles. The summed E-state index contributed by atoms with van der Waals surface area (Å²) in [5, 5.41) is 2.50. The van der Waals surface area contributed by atoms with Crippen molar-refractivity contribution in [2.24, 2.45) is 0 Å². The Bertz CT molecular complexity index is 868. The van der Waals surface area contributed by atoms with Crippen LogP contribution in [0.4, 0.5) is 15.9 Å². The molecule has 0 saturated carbocycles. The van der Waals surface area contributed by atoms with Crippen molar-refractivity contribution in [1.29, 1.82) is 0 Å². The maximum absolute atomic E-state index is 13.6. The lowest BCUT2D eigenvalue weighted by Gasteiger charge is -2.21. The molecular weight excluding hydrogens is 331 g/mol. The zero-order valence-electron chi connectivity index (χ0n) is 14.4. The third kappa shape index (κ3) is 4.22. The van der Waals surface area contributed by atoms with Crippen LogP contribution in [-0.2, 0) is 6.54 Å². The van der Waals surface area contributed by atoms with Crippen molar-refractivity contribution in [1.82, 2.24) is 9.97 Å². The molecule has 0 bridgehead atoms. The minimum Gasteiger partial charge on any atom is -0.351 e. The van der Waals surface area contributed by atoms with Gasteiger partial charge in [-0.2, -0.15) is 0 Å². The summed E-state index contributed by atoms with van der Waals surface area (Å²) in [5.74, 6) is -0.315. The van der Waals surface area contributed by atoms with E-state index in [1.54, 1.807) is 18.3 Å². The van der Waals surface area contributed by atoms with E-state index in [4.69, 9.17) is 0 Å². The fraction of sp³-hybridized carbons (Fsp3) is 0.150. The Morgan fingerprint density at radius 2 is 1.77 bits per heavy atom. The molecule has 0 aliphatic heterocycles. The van der Waals surface area contributed by atoms with E-state index in [-0.39, 0.29) is 11.4 Å². The van der Waals surface area contributed by atoms with E-state index in [9.17, 15) is 9.18 Å². The maximum atomic E-state index is 13.6. The van der Waals surface area contributed by atoms with Crippen molar-refractivity contribution in [3.63, 3.8) is 0 Å². The topological polar surface area (TPSA) is 58.1 Å². The number of carbonyl (C=O) groups excluding carboxylic acids is 1. The number of para-hydroxylation sites is 1. The van der Waals surface area contributed by atoms with Crippen molar-refractivity contribution in [3.8, 4) is 0 Å².